The van der Waals surface area contributed by atoms with E-state index in [1.54, 1.807) is 12.1 Å². The second kappa shape index (κ2) is 12.8. The number of aromatic nitrogens is 1. The molecule has 0 aliphatic carbocycles. The minimum absolute atomic E-state index is 0. The number of aryl methyl sites for hydroxylation is 1. The lowest BCUT2D eigenvalue weighted by Crippen LogP contribution is -2.37. The van der Waals surface area contributed by atoms with Crippen LogP contribution in [0.4, 0.5) is 0 Å². The van der Waals surface area contributed by atoms with Gasteiger partial charge in [0.1, 0.15) is 0 Å². The average Bonchev–Trinajstić information content (AvgIpc) is 2.61. The number of hydrogen-bond donors (Lipinski definition) is 2. The Kier molecular flexibility index (Phi) is 11.1. The van der Waals surface area contributed by atoms with E-state index in [4.69, 9.17) is 11.6 Å². The molecule has 0 fully saturated rings. The normalized spacial score (nSPS) is 11.0. The highest BCUT2D eigenvalue weighted by Crippen LogP contribution is 2.11. The van der Waals surface area contributed by atoms with Crippen molar-refractivity contribution in [1.29, 1.82) is 0 Å². The summed E-state index contributed by atoms with van der Waals surface area (Å²) >= 11 is 6.01. The van der Waals surface area contributed by atoms with Gasteiger partial charge >= 0.3 is 0 Å². The van der Waals surface area contributed by atoms with Gasteiger partial charge in [0.05, 0.1) is 6.54 Å². The Morgan fingerprint density at radius 3 is 2.63 bits per heavy atom. The number of benzene rings is 1. The maximum absolute atomic E-state index is 11.8. The summed E-state index contributed by atoms with van der Waals surface area (Å²) in [6.07, 6.45) is 1.90. The number of aliphatic imine (C=N–C) groups is 1. The van der Waals surface area contributed by atoms with E-state index in [-0.39, 0.29) is 29.5 Å². The molecule has 148 valence electrons. The molecule has 0 amide bonds. The van der Waals surface area contributed by atoms with Gasteiger partial charge < -0.3 is 15.2 Å². The molecule has 0 radical (unpaired) electrons. The number of hydrogen-bond acceptors (Lipinski definition) is 2. The quantitative estimate of drug-likeness (QED) is 0.249. The van der Waals surface area contributed by atoms with Gasteiger partial charge in [-0.05, 0) is 50.5 Å². The van der Waals surface area contributed by atoms with Crippen LogP contribution in [0.3, 0.4) is 0 Å². The molecule has 1 aromatic carbocycles. The Labute approximate surface area is 183 Å². The molecule has 2 rings (SSSR count). The van der Waals surface area contributed by atoms with Crippen molar-refractivity contribution in [3.8, 4) is 0 Å². The van der Waals surface area contributed by atoms with Crippen LogP contribution in [0, 0.1) is 6.92 Å². The van der Waals surface area contributed by atoms with Crippen molar-refractivity contribution in [2.75, 3.05) is 13.1 Å². The molecule has 0 atom stereocenters. The van der Waals surface area contributed by atoms with Crippen LogP contribution in [0.1, 0.15) is 31.0 Å². The van der Waals surface area contributed by atoms with Gasteiger partial charge in [-0.2, -0.15) is 0 Å². The fraction of sp³-hybridized carbons (Fsp3) is 0.400. The van der Waals surface area contributed by atoms with E-state index in [2.05, 4.69) is 15.6 Å². The molecule has 0 unspecified atom stereocenters. The molecule has 0 saturated heterocycles. The van der Waals surface area contributed by atoms with E-state index in [9.17, 15) is 4.79 Å². The second-order valence-corrected chi connectivity index (χ2v) is 6.55. The minimum Gasteiger partial charge on any atom is -0.357 e. The molecule has 0 bridgehead atoms. The first-order chi connectivity index (χ1) is 12.6. The van der Waals surface area contributed by atoms with Crippen LogP contribution in [0.5, 0.6) is 0 Å². The molecule has 2 aromatic rings. The summed E-state index contributed by atoms with van der Waals surface area (Å²) in [6, 6.07) is 13.1. The number of guanidine groups is 1. The van der Waals surface area contributed by atoms with Crippen LogP contribution in [-0.2, 0) is 13.1 Å². The van der Waals surface area contributed by atoms with Gasteiger partial charge in [0.15, 0.2) is 5.96 Å². The summed E-state index contributed by atoms with van der Waals surface area (Å²) in [5.41, 5.74) is 2.14. The monoisotopic (exact) mass is 502 g/mol. The Hall–Kier alpha value is -1.54. The van der Waals surface area contributed by atoms with Gasteiger partial charge in [0, 0.05) is 36.4 Å². The number of nitrogens with zero attached hydrogens (tertiary/aromatic N) is 2. The lowest BCUT2D eigenvalue weighted by atomic mass is 10.2. The van der Waals surface area contributed by atoms with Crippen molar-refractivity contribution >= 4 is 41.5 Å². The van der Waals surface area contributed by atoms with Crippen LogP contribution in [0.2, 0.25) is 5.02 Å². The van der Waals surface area contributed by atoms with Crippen LogP contribution in [-0.4, -0.2) is 23.6 Å². The van der Waals surface area contributed by atoms with Gasteiger partial charge in [-0.3, -0.25) is 4.79 Å². The van der Waals surface area contributed by atoms with Gasteiger partial charge in [0.2, 0.25) is 0 Å². The fourth-order valence-electron chi connectivity index (χ4n) is 2.66. The molecule has 0 aliphatic rings. The zero-order valence-electron chi connectivity index (χ0n) is 15.9. The maximum Gasteiger partial charge on any atom is 0.250 e. The molecule has 1 heterocycles. The predicted octanol–water partition coefficient (Wildman–Crippen LogP) is 3.96. The minimum atomic E-state index is 0. The molecule has 7 heteroatoms. The van der Waals surface area contributed by atoms with E-state index in [1.165, 1.54) is 0 Å². The summed E-state index contributed by atoms with van der Waals surface area (Å²) in [4.78, 5) is 16.4. The average molecular weight is 503 g/mol. The second-order valence-electron chi connectivity index (χ2n) is 6.12. The fourth-order valence-corrected chi connectivity index (χ4v) is 2.87. The third-order valence-electron chi connectivity index (χ3n) is 4.02. The summed E-state index contributed by atoms with van der Waals surface area (Å²) in [5.74, 6) is 0.792. The molecule has 5 nitrogen and oxygen atoms in total. The molecule has 27 heavy (non-hydrogen) atoms. The summed E-state index contributed by atoms with van der Waals surface area (Å²) in [5, 5.41) is 7.31. The van der Waals surface area contributed by atoms with Crippen molar-refractivity contribution in [3.63, 3.8) is 0 Å². The first-order valence-corrected chi connectivity index (χ1v) is 9.41. The van der Waals surface area contributed by atoms with E-state index >= 15 is 0 Å². The molecule has 2 N–H and O–H groups in total. The standard InChI is InChI=1S/C20H27ClN4O.HI/c1-3-22-20(24-15-17-9-7-10-18(21)14-17)23-12-4-5-13-25-16(2)8-6-11-19(25)26;/h6-11,14H,3-5,12-13,15H2,1-2H3,(H2,22,23,24);1H. The third-order valence-corrected chi connectivity index (χ3v) is 4.26. The Balaban J connectivity index is 0.00000364. The van der Waals surface area contributed by atoms with Crippen molar-refractivity contribution in [2.24, 2.45) is 4.99 Å². The number of nitrogens with one attached hydrogen (secondary N) is 2. The third kappa shape index (κ3) is 8.34. The highest BCUT2D eigenvalue weighted by atomic mass is 127. The molecule has 0 saturated carbocycles. The van der Waals surface area contributed by atoms with E-state index in [0.717, 1.165) is 54.7 Å². The van der Waals surface area contributed by atoms with Gasteiger partial charge in [-0.1, -0.05) is 29.8 Å². The topological polar surface area (TPSA) is 58.4 Å². The van der Waals surface area contributed by atoms with Crippen LogP contribution < -0.4 is 16.2 Å². The van der Waals surface area contributed by atoms with E-state index in [0.29, 0.717) is 6.54 Å². The highest BCUT2D eigenvalue weighted by Gasteiger charge is 2.01. The first-order valence-electron chi connectivity index (χ1n) is 9.03. The Bertz CT molecular complexity index is 792. The van der Waals surface area contributed by atoms with Crippen molar-refractivity contribution in [2.45, 2.75) is 39.8 Å². The zero-order chi connectivity index (χ0) is 18.8. The zero-order valence-corrected chi connectivity index (χ0v) is 19.0. The first kappa shape index (κ1) is 23.5. The molecular formula is C20H28ClIN4O. The lowest BCUT2D eigenvalue weighted by Gasteiger charge is -2.12. The van der Waals surface area contributed by atoms with Gasteiger partial charge in [-0.15, -0.1) is 24.0 Å². The van der Waals surface area contributed by atoms with Crippen LogP contribution >= 0.6 is 35.6 Å². The number of pyridine rings is 1. The SMILES string of the molecule is CCNC(=NCc1cccc(Cl)c1)NCCCCn1c(C)cccc1=O.I. The van der Waals surface area contributed by atoms with E-state index < -0.39 is 0 Å². The predicted molar refractivity (Wildman–Crippen MR) is 124 cm³/mol. The summed E-state index contributed by atoms with van der Waals surface area (Å²) in [6.45, 7) is 6.94. The van der Waals surface area contributed by atoms with Crippen LogP contribution in [0.15, 0.2) is 52.3 Å². The molecular weight excluding hydrogens is 475 g/mol. The Morgan fingerprint density at radius 1 is 1.15 bits per heavy atom. The van der Waals surface area contributed by atoms with Gasteiger partial charge in [-0.25, -0.2) is 4.99 Å². The van der Waals surface area contributed by atoms with Gasteiger partial charge in [0.25, 0.3) is 5.56 Å². The highest BCUT2D eigenvalue weighted by molar-refractivity contribution is 14.0. The maximum atomic E-state index is 11.8. The largest absolute Gasteiger partial charge is 0.357 e. The lowest BCUT2D eigenvalue weighted by molar-refractivity contribution is 0.575. The smallest absolute Gasteiger partial charge is 0.250 e. The van der Waals surface area contributed by atoms with Crippen molar-refractivity contribution < 1.29 is 0 Å². The number of unbranched alkanes of at least 4 members (excludes halogenated alkanes) is 1. The summed E-state index contributed by atoms with van der Waals surface area (Å²) < 4.78 is 1.82. The Morgan fingerprint density at radius 2 is 1.93 bits per heavy atom. The molecule has 1 aromatic heterocycles. The van der Waals surface area contributed by atoms with Crippen molar-refractivity contribution in [3.05, 3.63) is 69.1 Å². The number of halogens is 2. The molecule has 0 spiro atoms. The number of rotatable bonds is 8. The summed E-state index contributed by atoms with van der Waals surface area (Å²) in [7, 11) is 0. The van der Waals surface area contributed by atoms with E-state index in [1.807, 2.05) is 48.7 Å². The van der Waals surface area contributed by atoms with Crippen molar-refractivity contribution in [1.82, 2.24) is 15.2 Å². The molecule has 0 aliphatic heterocycles. The van der Waals surface area contributed by atoms with Crippen LogP contribution in [0.25, 0.3) is 0 Å².